The molecule has 0 unspecified atom stereocenters. The molecule has 24 heavy (non-hydrogen) atoms. The van der Waals surface area contributed by atoms with Crippen LogP contribution in [0.5, 0.6) is 0 Å². The fourth-order valence-electron chi connectivity index (χ4n) is 1.85. The van der Waals surface area contributed by atoms with Gasteiger partial charge in [0.2, 0.25) is 0 Å². The number of thioether (sulfide) groups is 1. The average Bonchev–Trinajstić information content (AvgIpc) is 2.98. The third-order valence-electron chi connectivity index (χ3n) is 2.96. The van der Waals surface area contributed by atoms with Gasteiger partial charge in [-0.25, -0.2) is 10.4 Å². The number of carbonyl (C=O) groups is 1. The van der Waals surface area contributed by atoms with Crippen LogP contribution in [0.3, 0.4) is 0 Å². The standard InChI is InChI=1S/C16H11Cl2N3O2S/c17-11-6-5-10(12(18)7-11)8-19-21-15(22)9-24-16-20-13-3-1-2-4-14(13)23-16/h1-8H,9H2,(H,21,22)/b19-8+. The van der Waals surface area contributed by atoms with Crippen molar-refractivity contribution < 1.29 is 9.21 Å². The van der Waals surface area contributed by atoms with Crippen molar-refractivity contribution in [3.63, 3.8) is 0 Å². The summed E-state index contributed by atoms with van der Waals surface area (Å²) in [6.45, 7) is 0. The number of rotatable bonds is 5. The molecule has 0 aliphatic heterocycles. The van der Waals surface area contributed by atoms with E-state index < -0.39 is 0 Å². The molecular formula is C16H11Cl2N3O2S. The first kappa shape index (κ1) is 16.8. The van der Waals surface area contributed by atoms with E-state index in [-0.39, 0.29) is 11.7 Å². The zero-order valence-corrected chi connectivity index (χ0v) is 14.5. The summed E-state index contributed by atoms with van der Waals surface area (Å²) in [6, 6.07) is 12.4. The van der Waals surface area contributed by atoms with Crippen LogP contribution in [0.2, 0.25) is 10.0 Å². The molecule has 1 aromatic heterocycles. The van der Waals surface area contributed by atoms with Gasteiger partial charge >= 0.3 is 0 Å². The van der Waals surface area contributed by atoms with Crippen molar-refractivity contribution in [3.05, 3.63) is 58.1 Å². The molecule has 0 bridgehead atoms. The van der Waals surface area contributed by atoms with Crippen LogP contribution in [0.1, 0.15) is 5.56 Å². The van der Waals surface area contributed by atoms with E-state index >= 15 is 0 Å². The summed E-state index contributed by atoms with van der Waals surface area (Å²) in [6.07, 6.45) is 1.46. The minimum atomic E-state index is -0.274. The fraction of sp³-hybridized carbons (Fsp3) is 0.0625. The van der Waals surface area contributed by atoms with Gasteiger partial charge in [-0.3, -0.25) is 4.79 Å². The third kappa shape index (κ3) is 4.29. The number of carbonyl (C=O) groups excluding carboxylic acids is 1. The highest BCUT2D eigenvalue weighted by Gasteiger charge is 2.08. The molecule has 1 N–H and O–H groups in total. The van der Waals surface area contributed by atoms with Gasteiger partial charge in [0, 0.05) is 10.6 Å². The first-order chi connectivity index (χ1) is 11.6. The summed E-state index contributed by atoms with van der Waals surface area (Å²) in [7, 11) is 0. The molecular weight excluding hydrogens is 369 g/mol. The molecule has 3 aromatic rings. The number of hydrogen-bond acceptors (Lipinski definition) is 5. The maximum Gasteiger partial charge on any atom is 0.257 e. The number of oxazole rings is 1. The predicted molar refractivity (Wildman–Crippen MR) is 96.9 cm³/mol. The van der Waals surface area contributed by atoms with Gasteiger partial charge in [0.15, 0.2) is 5.58 Å². The Hall–Kier alpha value is -2.02. The molecule has 0 saturated heterocycles. The van der Waals surface area contributed by atoms with Crippen molar-refractivity contribution >= 4 is 58.2 Å². The van der Waals surface area contributed by atoms with E-state index in [2.05, 4.69) is 15.5 Å². The lowest BCUT2D eigenvalue weighted by atomic mass is 10.2. The summed E-state index contributed by atoms with van der Waals surface area (Å²) >= 11 is 13.0. The first-order valence-electron chi connectivity index (χ1n) is 6.87. The Labute approximate surface area is 152 Å². The lowest BCUT2D eigenvalue weighted by Gasteiger charge is -1.99. The average molecular weight is 380 g/mol. The van der Waals surface area contributed by atoms with Crippen LogP contribution < -0.4 is 5.43 Å². The Morgan fingerprint density at radius 1 is 1.29 bits per heavy atom. The minimum absolute atomic E-state index is 0.137. The minimum Gasteiger partial charge on any atom is -0.431 e. The quantitative estimate of drug-likeness (QED) is 0.405. The Kier molecular flexibility index (Phi) is 5.40. The van der Waals surface area contributed by atoms with Crippen molar-refractivity contribution in [3.8, 4) is 0 Å². The summed E-state index contributed by atoms with van der Waals surface area (Å²) in [5.74, 6) is -0.137. The first-order valence-corrected chi connectivity index (χ1v) is 8.61. The largest absolute Gasteiger partial charge is 0.431 e. The molecule has 1 heterocycles. The molecule has 0 aliphatic rings. The molecule has 8 heteroatoms. The molecule has 122 valence electrons. The highest BCUT2D eigenvalue weighted by molar-refractivity contribution is 7.99. The lowest BCUT2D eigenvalue weighted by Crippen LogP contribution is -2.19. The number of aromatic nitrogens is 1. The number of nitrogens with zero attached hydrogens (tertiary/aromatic N) is 2. The molecule has 2 aromatic carbocycles. The molecule has 0 atom stereocenters. The molecule has 0 aliphatic carbocycles. The molecule has 0 radical (unpaired) electrons. The predicted octanol–water partition coefficient (Wildman–Crippen LogP) is 4.38. The van der Waals surface area contributed by atoms with Gasteiger partial charge in [-0.15, -0.1) is 0 Å². The topological polar surface area (TPSA) is 67.5 Å². The van der Waals surface area contributed by atoms with Crippen LogP contribution in [0.25, 0.3) is 11.1 Å². The summed E-state index contributed by atoms with van der Waals surface area (Å²) in [5.41, 5.74) is 4.54. The van der Waals surface area contributed by atoms with Crippen molar-refractivity contribution in [2.45, 2.75) is 5.22 Å². The van der Waals surface area contributed by atoms with E-state index in [0.717, 1.165) is 5.52 Å². The number of para-hydroxylation sites is 2. The summed E-state index contributed by atoms with van der Waals surface area (Å²) in [5, 5.41) is 5.31. The molecule has 0 fully saturated rings. The number of hydrogen-bond donors (Lipinski definition) is 1. The van der Waals surface area contributed by atoms with Gasteiger partial charge < -0.3 is 4.42 Å². The second kappa shape index (κ2) is 7.70. The second-order valence-electron chi connectivity index (χ2n) is 4.70. The normalized spacial score (nSPS) is 11.2. The fourth-order valence-corrected chi connectivity index (χ4v) is 2.94. The van der Waals surface area contributed by atoms with Crippen molar-refractivity contribution in [2.24, 2.45) is 5.10 Å². The number of fused-ring (bicyclic) bond motifs is 1. The van der Waals surface area contributed by atoms with E-state index in [1.54, 1.807) is 18.2 Å². The number of amides is 1. The van der Waals surface area contributed by atoms with Crippen molar-refractivity contribution in [2.75, 3.05) is 5.75 Å². The lowest BCUT2D eigenvalue weighted by molar-refractivity contribution is -0.118. The maximum absolute atomic E-state index is 11.8. The third-order valence-corrected chi connectivity index (χ3v) is 4.35. The van der Waals surface area contributed by atoms with Crippen LogP contribution in [0, 0.1) is 0 Å². The van der Waals surface area contributed by atoms with E-state index in [0.29, 0.717) is 26.4 Å². The highest BCUT2D eigenvalue weighted by Crippen LogP contribution is 2.23. The van der Waals surface area contributed by atoms with Crippen LogP contribution >= 0.6 is 35.0 Å². The van der Waals surface area contributed by atoms with Gasteiger partial charge in [-0.2, -0.15) is 5.10 Å². The number of benzene rings is 2. The Morgan fingerprint density at radius 3 is 2.92 bits per heavy atom. The molecule has 0 saturated carbocycles. The monoisotopic (exact) mass is 379 g/mol. The van der Waals surface area contributed by atoms with Crippen LogP contribution in [0.4, 0.5) is 0 Å². The molecule has 3 rings (SSSR count). The Morgan fingerprint density at radius 2 is 2.12 bits per heavy atom. The Balaban J connectivity index is 1.53. The summed E-state index contributed by atoms with van der Waals surface area (Å²) in [4.78, 5) is 16.1. The van der Waals surface area contributed by atoms with Gasteiger partial charge in [0.1, 0.15) is 5.52 Å². The molecule has 1 amide bonds. The van der Waals surface area contributed by atoms with E-state index in [1.807, 2.05) is 24.3 Å². The van der Waals surface area contributed by atoms with Gasteiger partial charge in [0.25, 0.3) is 11.1 Å². The number of nitrogens with one attached hydrogen (secondary N) is 1. The highest BCUT2D eigenvalue weighted by atomic mass is 35.5. The second-order valence-corrected chi connectivity index (χ2v) is 6.47. The number of hydrazone groups is 1. The van der Waals surface area contributed by atoms with Crippen molar-refractivity contribution in [1.29, 1.82) is 0 Å². The Bertz CT molecular complexity index is 878. The van der Waals surface area contributed by atoms with Crippen LogP contribution in [0.15, 0.2) is 57.2 Å². The number of halogens is 2. The summed E-state index contributed by atoms with van der Waals surface area (Å²) < 4.78 is 5.52. The molecule has 0 spiro atoms. The van der Waals surface area contributed by atoms with E-state index in [4.69, 9.17) is 27.6 Å². The zero-order chi connectivity index (χ0) is 16.9. The zero-order valence-electron chi connectivity index (χ0n) is 12.2. The van der Waals surface area contributed by atoms with Gasteiger partial charge in [0.05, 0.1) is 17.0 Å². The van der Waals surface area contributed by atoms with Crippen LogP contribution in [-0.2, 0) is 4.79 Å². The van der Waals surface area contributed by atoms with E-state index in [9.17, 15) is 4.79 Å². The smallest absolute Gasteiger partial charge is 0.257 e. The molecule has 5 nitrogen and oxygen atoms in total. The van der Waals surface area contributed by atoms with Gasteiger partial charge in [-0.1, -0.05) is 53.2 Å². The maximum atomic E-state index is 11.8. The van der Waals surface area contributed by atoms with E-state index in [1.165, 1.54) is 18.0 Å². The van der Waals surface area contributed by atoms with Crippen LogP contribution in [-0.4, -0.2) is 22.9 Å². The van der Waals surface area contributed by atoms with Crippen molar-refractivity contribution in [1.82, 2.24) is 10.4 Å². The van der Waals surface area contributed by atoms with Gasteiger partial charge in [-0.05, 0) is 24.3 Å². The SMILES string of the molecule is O=C(CSc1nc2ccccc2o1)N/N=C/c1ccc(Cl)cc1Cl.